The van der Waals surface area contributed by atoms with E-state index in [1.54, 1.807) is 6.92 Å². The number of para-hydroxylation sites is 2. The molecule has 2 N–H and O–H groups in total. The number of halogens is 2. The smallest absolute Gasteiger partial charge is 0.220 e. The summed E-state index contributed by atoms with van der Waals surface area (Å²) in [4.78, 5) is 16.6. The Morgan fingerprint density at radius 3 is 2.61 bits per heavy atom. The van der Waals surface area contributed by atoms with E-state index in [1.165, 1.54) is 0 Å². The van der Waals surface area contributed by atoms with E-state index >= 15 is 0 Å². The molecule has 28 heavy (non-hydrogen) atoms. The monoisotopic (exact) mass is 419 g/mol. The number of carbonyl (C=O) groups is 1. The molecular formula is C21H23Cl2N3O2. The molecule has 0 unspecified atom stereocenters. The molecule has 0 saturated heterocycles. The van der Waals surface area contributed by atoms with Gasteiger partial charge in [0.25, 0.3) is 0 Å². The van der Waals surface area contributed by atoms with Crippen molar-refractivity contribution in [3.05, 3.63) is 63.9 Å². The Morgan fingerprint density at radius 2 is 1.89 bits per heavy atom. The van der Waals surface area contributed by atoms with E-state index in [2.05, 4.69) is 9.88 Å². The predicted octanol–water partition coefficient (Wildman–Crippen LogP) is 4.21. The van der Waals surface area contributed by atoms with Crippen molar-refractivity contribution in [3.8, 4) is 0 Å². The Bertz CT molecular complexity index is 949. The highest BCUT2D eigenvalue weighted by atomic mass is 35.5. The van der Waals surface area contributed by atoms with Crippen LogP contribution < -0.4 is 5.32 Å². The van der Waals surface area contributed by atoms with Gasteiger partial charge in [0.2, 0.25) is 5.91 Å². The molecule has 1 atom stereocenters. The van der Waals surface area contributed by atoms with Crippen LogP contribution >= 0.6 is 23.2 Å². The van der Waals surface area contributed by atoms with Gasteiger partial charge in [-0.1, -0.05) is 41.4 Å². The van der Waals surface area contributed by atoms with Crippen LogP contribution in [0.1, 0.15) is 31.2 Å². The summed E-state index contributed by atoms with van der Waals surface area (Å²) < 4.78 is 2.09. The van der Waals surface area contributed by atoms with Crippen molar-refractivity contribution in [3.63, 3.8) is 0 Å². The number of amides is 1. The quantitative estimate of drug-likeness (QED) is 0.574. The number of aliphatic hydroxyl groups excluding tert-OH is 1. The van der Waals surface area contributed by atoms with Gasteiger partial charge >= 0.3 is 0 Å². The molecule has 3 aromatic rings. The zero-order valence-electron chi connectivity index (χ0n) is 15.7. The molecule has 0 aliphatic carbocycles. The van der Waals surface area contributed by atoms with Crippen molar-refractivity contribution >= 4 is 40.1 Å². The number of hydrogen-bond acceptors (Lipinski definition) is 3. The fourth-order valence-corrected chi connectivity index (χ4v) is 3.59. The number of benzene rings is 2. The molecule has 0 spiro atoms. The van der Waals surface area contributed by atoms with E-state index in [0.29, 0.717) is 42.4 Å². The van der Waals surface area contributed by atoms with Gasteiger partial charge in [0.15, 0.2) is 0 Å². The van der Waals surface area contributed by atoms with Crippen molar-refractivity contribution in [1.82, 2.24) is 14.9 Å². The summed E-state index contributed by atoms with van der Waals surface area (Å²) in [5.74, 6) is 0.783. The lowest BCUT2D eigenvalue weighted by atomic mass is 10.2. The maximum atomic E-state index is 11.9. The fourth-order valence-electron chi connectivity index (χ4n) is 3.08. The lowest BCUT2D eigenvalue weighted by molar-refractivity contribution is -0.121. The van der Waals surface area contributed by atoms with Crippen LogP contribution in [0.5, 0.6) is 0 Å². The van der Waals surface area contributed by atoms with Crippen molar-refractivity contribution in [2.24, 2.45) is 0 Å². The molecule has 1 heterocycles. The Hall–Kier alpha value is -2.08. The minimum Gasteiger partial charge on any atom is -0.393 e. The number of carbonyl (C=O) groups excluding carboxylic acids is 1. The Kier molecular flexibility index (Phi) is 6.94. The van der Waals surface area contributed by atoms with Crippen molar-refractivity contribution in [2.45, 2.75) is 38.8 Å². The van der Waals surface area contributed by atoms with Crippen LogP contribution in [0.25, 0.3) is 11.0 Å². The average molecular weight is 420 g/mol. The minimum atomic E-state index is -0.477. The number of nitrogens with one attached hydrogen (secondary N) is 1. The third kappa shape index (κ3) is 5.04. The largest absolute Gasteiger partial charge is 0.393 e. The number of imidazole rings is 1. The molecule has 0 aliphatic rings. The molecule has 0 aliphatic heterocycles. The van der Waals surface area contributed by atoms with Gasteiger partial charge in [-0.05, 0) is 37.6 Å². The molecule has 0 fully saturated rings. The summed E-state index contributed by atoms with van der Waals surface area (Å²) in [6.07, 6.45) is 0.867. The number of rotatable bonds is 8. The van der Waals surface area contributed by atoms with Gasteiger partial charge in [0.1, 0.15) is 5.82 Å². The molecule has 7 heteroatoms. The van der Waals surface area contributed by atoms with E-state index in [1.807, 2.05) is 42.5 Å². The van der Waals surface area contributed by atoms with Crippen LogP contribution in [0.4, 0.5) is 0 Å². The minimum absolute atomic E-state index is 0.0716. The zero-order chi connectivity index (χ0) is 20.1. The van der Waals surface area contributed by atoms with Crippen molar-refractivity contribution in [2.75, 3.05) is 6.54 Å². The van der Waals surface area contributed by atoms with E-state index in [0.717, 1.165) is 22.4 Å². The molecule has 0 radical (unpaired) electrons. The fraction of sp³-hybridized carbons (Fsp3) is 0.333. The van der Waals surface area contributed by atoms with Gasteiger partial charge in [-0.2, -0.15) is 0 Å². The van der Waals surface area contributed by atoms with Gasteiger partial charge in [-0.3, -0.25) is 4.79 Å². The topological polar surface area (TPSA) is 67.2 Å². The summed E-state index contributed by atoms with van der Waals surface area (Å²) >= 11 is 12.7. The third-order valence-electron chi connectivity index (χ3n) is 4.57. The summed E-state index contributed by atoms with van der Waals surface area (Å²) in [5.41, 5.74) is 2.73. The van der Waals surface area contributed by atoms with Crippen LogP contribution in [-0.2, 0) is 17.8 Å². The average Bonchev–Trinajstić information content (AvgIpc) is 3.00. The first-order valence-corrected chi connectivity index (χ1v) is 10.0. The first-order valence-electron chi connectivity index (χ1n) is 9.27. The lowest BCUT2D eigenvalue weighted by Crippen LogP contribution is -2.27. The molecule has 0 bridgehead atoms. The molecule has 1 aromatic heterocycles. The highest BCUT2D eigenvalue weighted by Crippen LogP contribution is 2.27. The van der Waals surface area contributed by atoms with Crippen LogP contribution in [0.2, 0.25) is 10.0 Å². The second-order valence-corrected chi connectivity index (χ2v) is 7.61. The summed E-state index contributed by atoms with van der Waals surface area (Å²) in [5, 5.41) is 13.4. The van der Waals surface area contributed by atoms with Crippen LogP contribution in [0.3, 0.4) is 0 Å². The van der Waals surface area contributed by atoms with Crippen LogP contribution in [0.15, 0.2) is 42.5 Å². The molecule has 5 nitrogen and oxygen atoms in total. The van der Waals surface area contributed by atoms with E-state index in [-0.39, 0.29) is 5.91 Å². The third-order valence-corrected chi connectivity index (χ3v) is 5.28. The van der Waals surface area contributed by atoms with Gasteiger partial charge in [0.05, 0.1) is 23.7 Å². The maximum absolute atomic E-state index is 11.9. The summed E-state index contributed by atoms with van der Waals surface area (Å²) in [6, 6.07) is 13.4. The molecular weight excluding hydrogens is 397 g/mol. The van der Waals surface area contributed by atoms with Gasteiger partial charge in [-0.15, -0.1) is 0 Å². The number of nitrogens with zero attached hydrogens (tertiary/aromatic N) is 2. The summed E-state index contributed by atoms with van der Waals surface area (Å²) in [7, 11) is 0. The highest BCUT2D eigenvalue weighted by molar-refractivity contribution is 6.36. The number of fused-ring (bicyclic) bond motifs is 1. The first kappa shape index (κ1) is 20.6. The molecule has 0 saturated carbocycles. The SMILES string of the molecule is C[C@@H](O)CCC(=O)NCCc1nc2ccccc2n1Cc1c(Cl)cccc1Cl. The van der Waals surface area contributed by atoms with Gasteiger partial charge in [0, 0.05) is 35.0 Å². The zero-order valence-corrected chi connectivity index (χ0v) is 17.2. The predicted molar refractivity (Wildman–Crippen MR) is 113 cm³/mol. The van der Waals surface area contributed by atoms with Gasteiger partial charge in [-0.25, -0.2) is 4.98 Å². The number of aromatic nitrogens is 2. The highest BCUT2D eigenvalue weighted by Gasteiger charge is 2.14. The van der Waals surface area contributed by atoms with Crippen LogP contribution in [-0.4, -0.2) is 33.2 Å². The molecule has 3 rings (SSSR count). The standard InChI is InChI=1S/C21H23Cl2N3O2/c1-14(27)9-10-21(28)24-12-11-20-25-18-7-2-3-8-19(18)26(20)13-15-16(22)5-4-6-17(15)23/h2-8,14,27H,9-13H2,1H3,(H,24,28)/t14-/m1/s1. The van der Waals surface area contributed by atoms with Crippen LogP contribution in [0, 0.1) is 0 Å². The summed E-state index contributed by atoms with van der Waals surface area (Å²) in [6.45, 7) is 2.65. The number of hydrogen-bond donors (Lipinski definition) is 2. The van der Waals surface area contributed by atoms with Crippen molar-refractivity contribution in [1.29, 1.82) is 0 Å². The molecule has 1 amide bonds. The number of aliphatic hydroxyl groups is 1. The lowest BCUT2D eigenvalue weighted by Gasteiger charge is -2.13. The second-order valence-electron chi connectivity index (χ2n) is 6.79. The molecule has 2 aromatic carbocycles. The van der Waals surface area contributed by atoms with Crippen molar-refractivity contribution < 1.29 is 9.90 Å². The Balaban J connectivity index is 1.79. The van der Waals surface area contributed by atoms with E-state index in [9.17, 15) is 9.90 Å². The normalized spacial score (nSPS) is 12.3. The van der Waals surface area contributed by atoms with E-state index in [4.69, 9.17) is 28.2 Å². The Labute approximate surface area is 174 Å². The Morgan fingerprint density at radius 1 is 1.18 bits per heavy atom. The first-order chi connectivity index (χ1) is 13.5. The maximum Gasteiger partial charge on any atom is 0.220 e. The van der Waals surface area contributed by atoms with Gasteiger partial charge < -0.3 is 15.0 Å². The second kappa shape index (κ2) is 9.41. The molecule has 148 valence electrons. The van der Waals surface area contributed by atoms with E-state index < -0.39 is 6.10 Å².